The lowest BCUT2D eigenvalue weighted by molar-refractivity contribution is -0.139. The van der Waals surface area contributed by atoms with Gasteiger partial charge in [0, 0.05) is 3.57 Å². The van der Waals surface area contributed by atoms with Crippen molar-refractivity contribution in [3.05, 3.63) is 112 Å². The van der Waals surface area contributed by atoms with Gasteiger partial charge in [-0.15, -0.1) is 0 Å². The summed E-state index contributed by atoms with van der Waals surface area (Å²) in [6.45, 7) is 3.83. The highest BCUT2D eigenvalue weighted by atomic mass is 127. The van der Waals surface area contributed by atoms with Crippen LogP contribution in [0.2, 0.25) is 0 Å². The monoisotopic (exact) mass is 580 g/mol. The molecule has 0 saturated heterocycles. The minimum absolute atomic E-state index is 0.172. The number of thiazole rings is 1. The summed E-state index contributed by atoms with van der Waals surface area (Å²) in [5.74, 6) is -0.450. The zero-order valence-electron chi connectivity index (χ0n) is 18.6. The van der Waals surface area contributed by atoms with E-state index in [0.29, 0.717) is 20.6 Å². The molecule has 0 unspecified atom stereocenters. The topological polar surface area (TPSA) is 60.7 Å². The van der Waals surface area contributed by atoms with Crippen molar-refractivity contribution in [2.45, 2.75) is 19.9 Å². The smallest absolute Gasteiger partial charge is 0.338 e. The molecule has 170 valence electrons. The van der Waals surface area contributed by atoms with Crippen LogP contribution in [0.1, 0.15) is 31.0 Å². The van der Waals surface area contributed by atoms with Gasteiger partial charge < -0.3 is 4.74 Å². The zero-order valence-corrected chi connectivity index (χ0v) is 21.6. The molecule has 34 heavy (non-hydrogen) atoms. The lowest BCUT2D eigenvalue weighted by Crippen LogP contribution is -2.40. The first kappa shape index (κ1) is 22.7. The fourth-order valence-electron chi connectivity index (χ4n) is 4.29. The molecule has 0 saturated carbocycles. The van der Waals surface area contributed by atoms with Crippen molar-refractivity contribution in [1.82, 2.24) is 4.57 Å². The molecule has 0 amide bonds. The van der Waals surface area contributed by atoms with Crippen LogP contribution < -0.4 is 14.9 Å². The average molecular weight is 580 g/mol. The third kappa shape index (κ3) is 4.03. The molecule has 3 aromatic carbocycles. The molecule has 2 heterocycles. The van der Waals surface area contributed by atoms with Crippen molar-refractivity contribution in [1.29, 1.82) is 0 Å². The molecule has 4 aromatic rings. The molecule has 1 atom stereocenters. The summed E-state index contributed by atoms with van der Waals surface area (Å²) >= 11 is 3.59. The van der Waals surface area contributed by atoms with E-state index in [-0.39, 0.29) is 12.2 Å². The van der Waals surface area contributed by atoms with Gasteiger partial charge in [0.2, 0.25) is 0 Å². The fraction of sp³-hybridized carbons (Fsp3) is 0.148. The Balaban J connectivity index is 1.80. The first-order valence-corrected chi connectivity index (χ1v) is 12.8. The standard InChI is InChI=1S/C27H21IN2O3S/c1-3-33-26(32)23-16(2)29-27-30(24(23)21-10-6-8-18-7-4-5-9-20(18)21)25(31)22(34-27)15-17-11-13-19(28)14-12-17/h4-15,24H,3H2,1-2H3/b22-15-/t24-/m1/s1. The second-order valence-electron chi connectivity index (χ2n) is 7.92. The molecule has 0 aliphatic carbocycles. The predicted molar refractivity (Wildman–Crippen MR) is 144 cm³/mol. The zero-order chi connectivity index (χ0) is 23.8. The first-order valence-electron chi connectivity index (χ1n) is 10.9. The maximum Gasteiger partial charge on any atom is 0.338 e. The summed E-state index contributed by atoms with van der Waals surface area (Å²) in [5, 5.41) is 2.03. The number of rotatable bonds is 4. The fourth-order valence-corrected chi connectivity index (χ4v) is 5.69. The van der Waals surface area contributed by atoms with Crippen molar-refractivity contribution >= 4 is 56.7 Å². The molecule has 5 rings (SSSR count). The third-order valence-electron chi connectivity index (χ3n) is 5.80. The van der Waals surface area contributed by atoms with Crippen molar-refractivity contribution in [2.75, 3.05) is 6.61 Å². The quantitative estimate of drug-likeness (QED) is 0.263. The maximum absolute atomic E-state index is 13.7. The minimum Gasteiger partial charge on any atom is -0.463 e. The van der Waals surface area contributed by atoms with Crippen molar-refractivity contribution < 1.29 is 9.53 Å². The molecule has 7 heteroatoms. The number of nitrogens with zero attached hydrogens (tertiary/aromatic N) is 2. The van der Waals surface area contributed by atoms with Gasteiger partial charge in [-0.1, -0.05) is 65.9 Å². The Labute approximate surface area is 213 Å². The van der Waals surface area contributed by atoms with E-state index >= 15 is 0 Å². The van der Waals surface area contributed by atoms with Crippen LogP contribution >= 0.6 is 33.9 Å². The average Bonchev–Trinajstić information content (AvgIpc) is 3.13. The van der Waals surface area contributed by atoms with E-state index in [9.17, 15) is 9.59 Å². The molecular formula is C27H21IN2O3S. The van der Waals surface area contributed by atoms with Gasteiger partial charge in [0.05, 0.1) is 28.5 Å². The molecule has 0 bridgehead atoms. The molecule has 0 radical (unpaired) electrons. The van der Waals surface area contributed by atoms with Crippen LogP contribution in [0, 0.1) is 3.57 Å². The molecule has 1 aromatic heterocycles. The molecular weight excluding hydrogens is 559 g/mol. The second kappa shape index (κ2) is 9.31. The minimum atomic E-state index is -0.625. The Hall–Kier alpha value is -3.04. The number of esters is 1. The normalized spacial score (nSPS) is 15.9. The Kier molecular flexibility index (Phi) is 6.22. The number of carbonyl (C=O) groups is 1. The highest BCUT2D eigenvalue weighted by molar-refractivity contribution is 14.1. The number of hydrogen-bond acceptors (Lipinski definition) is 5. The number of hydrogen-bond donors (Lipinski definition) is 0. The highest BCUT2D eigenvalue weighted by Crippen LogP contribution is 2.34. The van der Waals surface area contributed by atoms with Crippen LogP contribution in [0.3, 0.4) is 0 Å². The Morgan fingerprint density at radius 1 is 1.12 bits per heavy atom. The Bertz CT molecular complexity index is 1630. The van der Waals surface area contributed by atoms with E-state index < -0.39 is 12.0 Å². The molecule has 5 nitrogen and oxygen atoms in total. The number of ether oxygens (including phenoxy) is 1. The molecule has 1 aliphatic heterocycles. The lowest BCUT2D eigenvalue weighted by Gasteiger charge is -2.25. The molecule has 0 N–H and O–H groups in total. The van der Waals surface area contributed by atoms with Gasteiger partial charge in [0.1, 0.15) is 0 Å². The van der Waals surface area contributed by atoms with Gasteiger partial charge in [-0.3, -0.25) is 9.36 Å². The van der Waals surface area contributed by atoms with Crippen molar-refractivity contribution in [2.24, 2.45) is 4.99 Å². The summed E-state index contributed by atoms with van der Waals surface area (Å²) in [6, 6.07) is 21.3. The summed E-state index contributed by atoms with van der Waals surface area (Å²) in [7, 11) is 0. The summed E-state index contributed by atoms with van der Waals surface area (Å²) in [6.07, 6.45) is 1.88. The number of aromatic nitrogens is 1. The first-order chi connectivity index (χ1) is 16.5. The predicted octanol–water partition coefficient (Wildman–Crippen LogP) is 4.56. The lowest BCUT2D eigenvalue weighted by atomic mass is 9.91. The SMILES string of the molecule is CCOC(=O)C1=C(C)N=c2s/c(=C\c3ccc(I)cc3)c(=O)n2[C@@H]1c1cccc2ccccc12. The number of carbonyl (C=O) groups excluding carboxylic acids is 1. The summed E-state index contributed by atoms with van der Waals surface area (Å²) in [5.41, 5.74) is 2.60. The van der Waals surface area contributed by atoms with Crippen molar-refractivity contribution in [3.8, 4) is 0 Å². The van der Waals surface area contributed by atoms with Crippen LogP contribution in [0.25, 0.3) is 16.8 Å². The van der Waals surface area contributed by atoms with E-state index in [0.717, 1.165) is 25.5 Å². The van der Waals surface area contributed by atoms with Gasteiger partial charge in [-0.05, 0) is 76.5 Å². The van der Waals surface area contributed by atoms with E-state index in [4.69, 9.17) is 4.74 Å². The van der Waals surface area contributed by atoms with E-state index in [1.807, 2.05) is 72.8 Å². The van der Waals surface area contributed by atoms with Gasteiger partial charge in [-0.2, -0.15) is 0 Å². The van der Waals surface area contributed by atoms with E-state index in [1.54, 1.807) is 18.4 Å². The van der Waals surface area contributed by atoms with Crippen LogP contribution in [0.5, 0.6) is 0 Å². The molecule has 1 aliphatic rings. The number of allylic oxidation sites excluding steroid dienone is 1. The number of benzene rings is 3. The summed E-state index contributed by atoms with van der Waals surface area (Å²) < 4.78 is 8.75. The molecule has 0 fully saturated rings. The number of fused-ring (bicyclic) bond motifs is 2. The summed E-state index contributed by atoms with van der Waals surface area (Å²) in [4.78, 5) is 32.1. The maximum atomic E-state index is 13.7. The van der Waals surface area contributed by atoms with E-state index in [2.05, 4.69) is 27.6 Å². The Morgan fingerprint density at radius 2 is 1.85 bits per heavy atom. The Morgan fingerprint density at radius 3 is 2.62 bits per heavy atom. The van der Waals surface area contributed by atoms with Crippen LogP contribution in [-0.2, 0) is 9.53 Å². The van der Waals surface area contributed by atoms with Crippen LogP contribution in [0.4, 0.5) is 0 Å². The van der Waals surface area contributed by atoms with Gasteiger partial charge >= 0.3 is 5.97 Å². The highest BCUT2D eigenvalue weighted by Gasteiger charge is 2.34. The second-order valence-corrected chi connectivity index (χ2v) is 10.2. The van der Waals surface area contributed by atoms with Gasteiger partial charge in [0.15, 0.2) is 4.80 Å². The van der Waals surface area contributed by atoms with Crippen LogP contribution in [-0.4, -0.2) is 17.1 Å². The number of halogens is 1. The molecule has 0 spiro atoms. The largest absolute Gasteiger partial charge is 0.463 e. The van der Waals surface area contributed by atoms with Gasteiger partial charge in [0.25, 0.3) is 5.56 Å². The van der Waals surface area contributed by atoms with Crippen molar-refractivity contribution in [3.63, 3.8) is 0 Å². The van der Waals surface area contributed by atoms with E-state index in [1.165, 1.54) is 11.3 Å². The van der Waals surface area contributed by atoms with Gasteiger partial charge in [-0.25, -0.2) is 9.79 Å². The van der Waals surface area contributed by atoms with Crippen LogP contribution in [0.15, 0.2) is 87.8 Å². The third-order valence-corrected chi connectivity index (χ3v) is 7.50.